The molecule has 1 saturated heterocycles. The van der Waals surface area contributed by atoms with Crippen LogP contribution in [0.2, 0.25) is 0 Å². The lowest BCUT2D eigenvalue weighted by molar-refractivity contribution is 0.362. The van der Waals surface area contributed by atoms with E-state index in [1.54, 1.807) is 6.20 Å². The van der Waals surface area contributed by atoms with Gasteiger partial charge in [-0.15, -0.1) is 0 Å². The van der Waals surface area contributed by atoms with Crippen molar-refractivity contribution in [3.05, 3.63) is 28.1 Å². The number of aromatic nitrogens is 2. The second kappa shape index (κ2) is 6.78. The number of nitrogens with zero attached hydrogens (tertiary/aromatic N) is 3. The van der Waals surface area contributed by atoms with E-state index in [4.69, 9.17) is 39.4 Å². The lowest BCUT2D eigenvalue weighted by Gasteiger charge is -2.37. The second-order valence-electron chi connectivity index (χ2n) is 6.49. The Hall–Kier alpha value is -1.50. The molecule has 0 amide bonds. The van der Waals surface area contributed by atoms with Crippen molar-refractivity contribution in [1.29, 1.82) is 0 Å². The normalized spacial score (nSPS) is 20.8. The van der Waals surface area contributed by atoms with Gasteiger partial charge in [0, 0.05) is 23.7 Å². The Kier molecular flexibility index (Phi) is 4.90. The van der Waals surface area contributed by atoms with E-state index in [9.17, 15) is 0 Å². The predicted octanol–water partition coefficient (Wildman–Crippen LogP) is 3.12. The summed E-state index contributed by atoms with van der Waals surface area (Å²) in [6, 6.07) is 0. The maximum Gasteiger partial charge on any atom is 0.262 e. The quantitative estimate of drug-likeness (QED) is 0.850. The largest absolute Gasteiger partial charge is 0.435 e. The molecule has 2 aliphatic rings. The summed E-state index contributed by atoms with van der Waals surface area (Å²) in [7, 11) is 0. The average molecular weight is 370 g/mol. The Morgan fingerprint density at radius 3 is 2.67 bits per heavy atom. The summed E-state index contributed by atoms with van der Waals surface area (Å²) >= 11 is 12.2. The van der Waals surface area contributed by atoms with Gasteiger partial charge in [0.05, 0.1) is 11.2 Å². The van der Waals surface area contributed by atoms with Crippen molar-refractivity contribution in [1.82, 2.24) is 9.97 Å². The summed E-state index contributed by atoms with van der Waals surface area (Å²) in [5, 5.41) is 0.974. The fourth-order valence-electron chi connectivity index (χ4n) is 2.71. The first-order valence-corrected chi connectivity index (χ1v) is 8.70. The maximum absolute atomic E-state index is 6.16. The van der Waals surface area contributed by atoms with Crippen LogP contribution in [-0.2, 0) is 0 Å². The van der Waals surface area contributed by atoms with Crippen LogP contribution in [0.25, 0.3) is 0 Å². The number of piperidine rings is 1. The average Bonchev–Trinajstić information content (AvgIpc) is 2.53. The first-order valence-electron chi connectivity index (χ1n) is 7.94. The molecule has 8 heteroatoms. The van der Waals surface area contributed by atoms with E-state index in [1.807, 2.05) is 6.08 Å². The van der Waals surface area contributed by atoms with Gasteiger partial charge >= 0.3 is 0 Å². The molecule has 1 aliphatic heterocycles. The zero-order valence-corrected chi connectivity index (χ0v) is 15.1. The Morgan fingerprint density at radius 1 is 1.29 bits per heavy atom. The van der Waals surface area contributed by atoms with Crippen LogP contribution in [-0.4, -0.2) is 28.6 Å². The highest BCUT2D eigenvalue weighted by Crippen LogP contribution is 2.33. The minimum atomic E-state index is -0.117. The smallest absolute Gasteiger partial charge is 0.262 e. The molecule has 1 aromatic heterocycles. The van der Waals surface area contributed by atoms with Gasteiger partial charge in [0.1, 0.15) is 11.6 Å². The van der Waals surface area contributed by atoms with Gasteiger partial charge in [-0.25, -0.2) is 9.97 Å². The van der Waals surface area contributed by atoms with Crippen LogP contribution >= 0.6 is 23.2 Å². The maximum atomic E-state index is 6.16. The van der Waals surface area contributed by atoms with Crippen molar-refractivity contribution in [2.24, 2.45) is 5.73 Å². The predicted molar refractivity (Wildman–Crippen MR) is 97.2 cm³/mol. The third-order valence-electron chi connectivity index (χ3n) is 4.34. The summed E-state index contributed by atoms with van der Waals surface area (Å²) in [5.41, 5.74) is 12.1. The van der Waals surface area contributed by atoms with Gasteiger partial charge < -0.3 is 21.1 Å². The van der Waals surface area contributed by atoms with Gasteiger partial charge in [0.15, 0.2) is 5.82 Å². The molecule has 0 aromatic carbocycles. The van der Waals surface area contributed by atoms with Gasteiger partial charge in [0.25, 0.3) is 5.88 Å². The Balaban J connectivity index is 1.73. The highest BCUT2D eigenvalue weighted by molar-refractivity contribution is 6.40. The molecule has 3 rings (SSSR count). The molecule has 0 unspecified atom stereocenters. The van der Waals surface area contributed by atoms with E-state index in [-0.39, 0.29) is 17.2 Å². The highest BCUT2D eigenvalue weighted by Gasteiger charge is 2.27. The third kappa shape index (κ3) is 3.77. The van der Waals surface area contributed by atoms with Crippen LogP contribution in [0.5, 0.6) is 5.88 Å². The Morgan fingerprint density at radius 2 is 2.00 bits per heavy atom. The van der Waals surface area contributed by atoms with Gasteiger partial charge in [-0.2, -0.15) is 0 Å². The second-order valence-corrected chi connectivity index (χ2v) is 7.32. The molecule has 1 fully saturated rings. The SMILES string of the molecule is CC1(N)CCN(c2cnc(OC3=CCCC(Cl)=C3Cl)c(N)n2)CC1. The molecule has 24 heavy (non-hydrogen) atoms. The molecule has 1 aliphatic carbocycles. The minimum Gasteiger partial charge on any atom is -0.435 e. The minimum absolute atomic E-state index is 0.117. The van der Waals surface area contributed by atoms with Crippen molar-refractivity contribution < 1.29 is 4.74 Å². The summed E-state index contributed by atoms with van der Waals surface area (Å²) < 4.78 is 5.69. The molecular weight excluding hydrogens is 349 g/mol. The first kappa shape index (κ1) is 17.3. The number of rotatable bonds is 3. The van der Waals surface area contributed by atoms with Crippen LogP contribution in [0.3, 0.4) is 0 Å². The molecule has 0 radical (unpaired) electrons. The number of hydrogen-bond donors (Lipinski definition) is 2. The fraction of sp³-hybridized carbons (Fsp3) is 0.500. The summed E-state index contributed by atoms with van der Waals surface area (Å²) in [6.07, 6.45) is 6.81. The molecule has 0 saturated carbocycles. The van der Waals surface area contributed by atoms with E-state index in [0.717, 1.165) is 38.2 Å². The van der Waals surface area contributed by atoms with Crippen molar-refractivity contribution >= 4 is 34.8 Å². The molecule has 130 valence electrons. The molecule has 0 spiro atoms. The fourth-order valence-corrected chi connectivity index (χ4v) is 3.13. The number of nitrogen functional groups attached to an aromatic ring is 1. The topological polar surface area (TPSA) is 90.3 Å². The molecule has 2 heterocycles. The monoisotopic (exact) mass is 369 g/mol. The van der Waals surface area contributed by atoms with Gasteiger partial charge in [0.2, 0.25) is 0 Å². The molecule has 0 atom stereocenters. The van der Waals surface area contributed by atoms with Gasteiger partial charge in [-0.3, -0.25) is 0 Å². The summed E-state index contributed by atoms with van der Waals surface area (Å²) in [6.45, 7) is 3.73. The van der Waals surface area contributed by atoms with Crippen LogP contribution in [0.4, 0.5) is 11.6 Å². The summed E-state index contributed by atoms with van der Waals surface area (Å²) in [5.74, 6) is 1.65. The lowest BCUT2D eigenvalue weighted by Crippen LogP contribution is -2.48. The molecule has 4 N–H and O–H groups in total. The van der Waals surface area contributed by atoms with Crippen molar-refractivity contribution in [3.8, 4) is 5.88 Å². The van der Waals surface area contributed by atoms with Crippen molar-refractivity contribution in [2.75, 3.05) is 23.7 Å². The van der Waals surface area contributed by atoms with E-state index in [2.05, 4.69) is 21.8 Å². The number of hydrogen-bond acceptors (Lipinski definition) is 6. The van der Waals surface area contributed by atoms with Crippen LogP contribution < -0.4 is 21.1 Å². The molecule has 6 nitrogen and oxygen atoms in total. The number of anilines is 2. The van der Waals surface area contributed by atoms with Gasteiger partial charge in [-0.1, -0.05) is 23.2 Å². The zero-order chi connectivity index (χ0) is 17.3. The number of ether oxygens (including phenoxy) is 1. The number of halogens is 2. The number of nitrogens with two attached hydrogens (primary N) is 2. The summed E-state index contributed by atoms with van der Waals surface area (Å²) in [4.78, 5) is 10.8. The van der Waals surface area contributed by atoms with Crippen LogP contribution in [0.1, 0.15) is 32.6 Å². The highest BCUT2D eigenvalue weighted by atomic mass is 35.5. The Bertz CT molecular complexity index is 692. The molecule has 1 aromatic rings. The van der Waals surface area contributed by atoms with E-state index in [1.165, 1.54) is 0 Å². The number of allylic oxidation sites excluding steroid dienone is 3. The van der Waals surface area contributed by atoms with Gasteiger partial charge in [-0.05, 0) is 38.7 Å². The Labute approximate surface area is 151 Å². The third-order valence-corrected chi connectivity index (χ3v) is 5.22. The van der Waals surface area contributed by atoms with Crippen LogP contribution in [0, 0.1) is 0 Å². The van der Waals surface area contributed by atoms with Crippen LogP contribution in [0.15, 0.2) is 28.1 Å². The van der Waals surface area contributed by atoms with Crippen molar-refractivity contribution in [2.45, 2.75) is 38.1 Å². The zero-order valence-electron chi connectivity index (χ0n) is 13.6. The lowest BCUT2D eigenvalue weighted by atomic mass is 9.91. The van der Waals surface area contributed by atoms with E-state index < -0.39 is 0 Å². The standard InChI is InChI=1S/C16H21Cl2N5O/c1-16(20)5-7-23(8-6-16)12-9-21-15(14(19)22-12)24-11-4-2-3-10(17)13(11)18/h4,9H,2-3,5-8,20H2,1H3,(H2,19,22). The first-order chi connectivity index (χ1) is 11.4. The van der Waals surface area contributed by atoms with E-state index >= 15 is 0 Å². The molecular formula is C16H21Cl2N5O. The van der Waals surface area contributed by atoms with Crippen molar-refractivity contribution in [3.63, 3.8) is 0 Å². The molecule has 0 bridgehead atoms. The van der Waals surface area contributed by atoms with E-state index in [0.29, 0.717) is 22.2 Å².